The van der Waals surface area contributed by atoms with Crippen molar-refractivity contribution in [3.63, 3.8) is 0 Å². The summed E-state index contributed by atoms with van der Waals surface area (Å²) in [5.74, 6) is 1.06. The Morgan fingerprint density at radius 2 is 2.33 bits per heavy atom. The molecule has 1 amide bonds. The first-order valence-corrected chi connectivity index (χ1v) is 8.81. The lowest BCUT2D eigenvalue weighted by molar-refractivity contribution is 0.0701. The van der Waals surface area contributed by atoms with Gasteiger partial charge in [0.2, 0.25) is 0 Å². The fourth-order valence-corrected chi connectivity index (χ4v) is 3.39. The summed E-state index contributed by atoms with van der Waals surface area (Å²) in [5.41, 5.74) is 0.627. The molecule has 2 N–H and O–H groups in total. The molecule has 6 heteroatoms. The molecule has 1 unspecified atom stereocenters. The predicted molar refractivity (Wildman–Crippen MR) is 84.6 cm³/mol. The van der Waals surface area contributed by atoms with E-state index in [4.69, 9.17) is 9.52 Å². The average Bonchev–Trinajstić information content (AvgIpc) is 3.02. The number of thioether (sulfide) groups is 1. The third-order valence-corrected chi connectivity index (χ3v) is 4.60. The molecule has 1 aliphatic rings. The van der Waals surface area contributed by atoms with E-state index in [0.29, 0.717) is 17.6 Å². The van der Waals surface area contributed by atoms with Gasteiger partial charge < -0.3 is 19.7 Å². The van der Waals surface area contributed by atoms with Crippen LogP contribution in [0.2, 0.25) is 0 Å². The molecule has 0 bridgehead atoms. The van der Waals surface area contributed by atoms with Crippen LogP contribution < -0.4 is 5.32 Å². The first kappa shape index (κ1) is 16.4. The van der Waals surface area contributed by atoms with E-state index in [0.717, 1.165) is 38.1 Å². The molecule has 0 radical (unpaired) electrons. The van der Waals surface area contributed by atoms with E-state index in [1.54, 1.807) is 17.8 Å². The van der Waals surface area contributed by atoms with Gasteiger partial charge in [0.25, 0.3) is 5.91 Å². The Kier molecular flexibility index (Phi) is 6.60. The zero-order valence-electron chi connectivity index (χ0n) is 12.5. The maximum Gasteiger partial charge on any atom is 0.257 e. The largest absolute Gasteiger partial charge is 0.472 e. The molecule has 0 aliphatic carbocycles. The fraction of sp³-hybridized carbons (Fsp3) is 0.667. The normalized spacial score (nSPS) is 17.9. The number of carbonyl (C=O) groups is 1. The summed E-state index contributed by atoms with van der Waals surface area (Å²) in [6.07, 6.45) is 7.82. The first-order valence-electron chi connectivity index (χ1n) is 7.42. The summed E-state index contributed by atoms with van der Waals surface area (Å²) in [7, 11) is 0. The van der Waals surface area contributed by atoms with Gasteiger partial charge >= 0.3 is 0 Å². The Morgan fingerprint density at radius 3 is 2.90 bits per heavy atom. The summed E-state index contributed by atoms with van der Waals surface area (Å²) in [4.78, 5) is 14.1. The van der Waals surface area contributed by atoms with Crippen LogP contribution >= 0.6 is 11.8 Å². The number of aliphatic hydroxyl groups is 1. The SMILES string of the molecule is CSCC(CCO)NC1CCN(C(=O)c2ccoc2)CC1. The lowest BCUT2D eigenvalue weighted by Gasteiger charge is -2.34. The highest BCUT2D eigenvalue weighted by Gasteiger charge is 2.25. The van der Waals surface area contributed by atoms with Crippen LogP contribution in [-0.4, -0.2) is 59.7 Å². The van der Waals surface area contributed by atoms with Gasteiger partial charge in [-0.15, -0.1) is 0 Å². The molecular weight excluding hydrogens is 288 g/mol. The molecule has 0 spiro atoms. The summed E-state index contributed by atoms with van der Waals surface area (Å²) in [6, 6.07) is 2.50. The number of nitrogens with zero attached hydrogens (tertiary/aromatic N) is 1. The van der Waals surface area contributed by atoms with Gasteiger partial charge in [0.15, 0.2) is 0 Å². The zero-order chi connectivity index (χ0) is 15.1. The van der Waals surface area contributed by atoms with Crippen LogP contribution in [0.3, 0.4) is 0 Å². The maximum absolute atomic E-state index is 12.2. The molecule has 2 rings (SSSR count). The molecule has 1 aromatic rings. The second-order valence-electron chi connectivity index (χ2n) is 5.41. The van der Waals surface area contributed by atoms with Crippen molar-refractivity contribution in [2.45, 2.75) is 31.3 Å². The van der Waals surface area contributed by atoms with Crippen molar-refractivity contribution >= 4 is 17.7 Å². The molecule has 5 nitrogen and oxygen atoms in total. The summed E-state index contributed by atoms with van der Waals surface area (Å²) in [5, 5.41) is 12.7. The fourth-order valence-electron chi connectivity index (χ4n) is 2.72. The summed E-state index contributed by atoms with van der Waals surface area (Å²) >= 11 is 1.79. The van der Waals surface area contributed by atoms with E-state index < -0.39 is 0 Å². The third-order valence-electron chi connectivity index (χ3n) is 3.87. The van der Waals surface area contributed by atoms with Gasteiger partial charge in [0.1, 0.15) is 6.26 Å². The molecular formula is C15H24N2O3S. The smallest absolute Gasteiger partial charge is 0.257 e. The van der Waals surface area contributed by atoms with Gasteiger partial charge in [-0.1, -0.05) is 0 Å². The molecule has 1 fully saturated rings. The molecule has 1 aromatic heterocycles. The van der Waals surface area contributed by atoms with Gasteiger partial charge in [-0.3, -0.25) is 4.79 Å². The van der Waals surface area contributed by atoms with Crippen LogP contribution in [0.1, 0.15) is 29.6 Å². The zero-order valence-corrected chi connectivity index (χ0v) is 13.3. The summed E-state index contributed by atoms with van der Waals surface area (Å²) in [6.45, 7) is 1.76. The maximum atomic E-state index is 12.2. The van der Waals surface area contributed by atoms with E-state index >= 15 is 0 Å². The number of piperidine rings is 1. The van der Waals surface area contributed by atoms with Gasteiger partial charge in [0, 0.05) is 37.5 Å². The number of rotatable bonds is 7. The molecule has 1 aliphatic heterocycles. The topological polar surface area (TPSA) is 65.7 Å². The van der Waals surface area contributed by atoms with Crippen molar-refractivity contribution in [3.05, 3.63) is 24.2 Å². The van der Waals surface area contributed by atoms with Crippen LogP contribution in [0, 0.1) is 0 Å². The Bertz CT molecular complexity index is 411. The third kappa shape index (κ3) is 4.76. The monoisotopic (exact) mass is 312 g/mol. The van der Waals surface area contributed by atoms with Gasteiger partial charge in [-0.2, -0.15) is 11.8 Å². The Morgan fingerprint density at radius 1 is 1.57 bits per heavy atom. The minimum absolute atomic E-state index is 0.0539. The summed E-state index contributed by atoms with van der Waals surface area (Å²) < 4.78 is 4.97. The molecule has 0 saturated carbocycles. The number of aliphatic hydroxyl groups excluding tert-OH is 1. The van der Waals surface area contributed by atoms with Crippen molar-refractivity contribution in [1.82, 2.24) is 10.2 Å². The van der Waals surface area contributed by atoms with Crippen molar-refractivity contribution in [3.8, 4) is 0 Å². The number of nitrogens with one attached hydrogen (secondary N) is 1. The van der Waals surface area contributed by atoms with Crippen LogP contribution in [-0.2, 0) is 0 Å². The molecule has 21 heavy (non-hydrogen) atoms. The van der Waals surface area contributed by atoms with Crippen LogP contribution in [0.25, 0.3) is 0 Å². The standard InChI is InChI=1S/C15H24N2O3S/c1-21-11-14(4-8-18)16-13-2-6-17(7-3-13)15(19)12-5-9-20-10-12/h5,9-10,13-14,16,18H,2-4,6-8,11H2,1H3. The van der Waals surface area contributed by atoms with Gasteiger partial charge in [0.05, 0.1) is 11.8 Å². The quantitative estimate of drug-likeness (QED) is 0.800. The molecule has 1 atom stereocenters. The lowest BCUT2D eigenvalue weighted by Crippen LogP contribution is -2.48. The average molecular weight is 312 g/mol. The Balaban J connectivity index is 1.78. The number of hydrogen-bond donors (Lipinski definition) is 2. The second-order valence-corrected chi connectivity index (χ2v) is 6.32. The van der Waals surface area contributed by atoms with E-state index in [-0.39, 0.29) is 12.5 Å². The molecule has 0 aromatic carbocycles. The van der Waals surface area contributed by atoms with Crippen LogP contribution in [0.15, 0.2) is 23.0 Å². The van der Waals surface area contributed by atoms with E-state index in [2.05, 4.69) is 11.6 Å². The van der Waals surface area contributed by atoms with Gasteiger partial charge in [-0.25, -0.2) is 0 Å². The highest BCUT2D eigenvalue weighted by Crippen LogP contribution is 2.16. The molecule has 118 valence electrons. The van der Waals surface area contributed by atoms with Crippen molar-refractivity contribution in [2.24, 2.45) is 0 Å². The second kappa shape index (κ2) is 8.46. The number of amides is 1. The van der Waals surface area contributed by atoms with E-state index in [1.807, 2.05) is 4.90 Å². The number of hydrogen-bond acceptors (Lipinski definition) is 5. The minimum atomic E-state index is 0.0539. The lowest BCUT2D eigenvalue weighted by atomic mass is 10.0. The van der Waals surface area contributed by atoms with Crippen LogP contribution in [0.4, 0.5) is 0 Å². The Labute approximate surface area is 130 Å². The predicted octanol–water partition coefficient (Wildman–Crippen LogP) is 1.59. The van der Waals surface area contributed by atoms with E-state index in [9.17, 15) is 4.79 Å². The van der Waals surface area contributed by atoms with Crippen molar-refractivity contribution in [2.75, 3.05) is 31.7 Å². The molecule has 2 heterocycles. The van der Waals surface area contributed by atoms with Crippen molar-refractivity contribution in [1.29, 1.82) is 0 Å². The Hall–Kier alpha value is -0.980. The van der Waals surface area contributed by atoms with Gasteiger partial charge in [-0.05, 0) is 31.6 Å². The van der Waals surface area contributed by atoms with Crippen molar-refractivity contribution < 1.29 is 14.3 Å². The number of carbonyl (C=O) groups excluding carboxylic acids is 1. The number of furan rings is 1. The molecule has 1 saturated heterocycles. The number of likely N-dealkylation sites (tertiary alicyclic amines) is 1. The highest BCUT2D eigenvalue weighted by atomic mass is 32.2. The minimum Gasteiger partial charge on any atom is -0.472 e. The van der Waals surface area contributed by atoms with Crippen LogP contribution in [0.5, 0.6) is 0 Å². The first-order chi connectivity index (χ1) is 10.2. The van der Waals surface area contributed by atoms with E-state index in [1.165, 1.54) is 12.5 Å². The highest BCUT2D eigenvalue weighted by molar-refractivity contribution is 7.98.